The topological polar surface area (TPSA) is 94.7 Å². The van der Waals surface area contributed by atoms with E-state index in [4.69, 9.17) is 9.90 Å². The maximum absolute atomic E-state index is 14.0. The van der Waals surface area contributed by atoms with Gasteiger partial charge in [-0.1, -0.05) is 17.3 Å². The molecule has 188 valence electrons. The van der Waals surface area contributed by atoms with Crippen LogP contribution in [-0.2, 0) is 4.79 Å². The molecule has 1 aromatic carbocycles. The fourth-order valence-electron chi connectivity index (χ4n) is 4.36. The monoisotopic (exact) mass is 487 g/mol. The quantitative estimate of drug-likeness (QED) is 0.639. The Kier molecular flexibility index (Phi) is 8.47. The molecule has 0 spiro atoms. The van der Waals surface area contributed by atoms with Crippen molar-refractivity contribution in [3.63, 3.8) is 0 Å². The summed E-state index contributed by atoms with van der Waals surface area (Å²) in [7, 11) is 0. The molecule has 2 aliphatic rings. The third-order valence-electron chi connectivity index (χ3n) is 6.25. The minimum atomic E-state index is -5.08. The summed E-state index contributed by atoms with van der Waals surface area (Å²) in [6.45, 7) is 5.64. The van der Waals surface area contributed by atoms with Crippen molar-refractivity contribution in [3.8, 4) is 0 Å². The Hall–Kier alpha value is -2.73. The molecule has 0 radical (unpaired) electrons. The molecule has 34 heavy (non-hydrogen) atoms. The first kappa shape index (κ1) is 25.9. The first-order chi connectivity index (χ1) is 16.1. The Labute approximate surface area is 194 Å². The summed E-state index contributed by atoms with van der Waals surface area (Å²) in [5, 5.41) is 25.0. The zero-order valence-corrected chi connectivity index (χ0v) is 18.8. The number of anilines is 1. The third kappa shape index (κ3) is 6.66. The number of likely N-dealkylation sites (tertiary alicyclic amines) is 1. The van der Waals surface area contributed by atoms with E-state index in [1.165, 1.54) is 0 Å². The normalized spacial score (nSPS) is 19.4. The van der Waals surface area contributed by atoms with E-state index in [1.807, 2.05) is 23.0 Å². The number of rotatable bonds is 4. The van der Waals surface area contributed by atoms with Gasteiger partial charge in [-0.2, -0.15) is 13.2 Å². The van der Waals surface area contributed by atoms with Gasteiger partial charge in [0.25, 0.3) is 0 Å². The molecule has 2 fully saturated rings. The second kappa shape index (κ2) is 11.1. The second-order valence-electron chi connectivity index (χ2n) is 8.54. The molecular weight excluding hydrogens is 458 g/mol. The van der Waals surface area contributed by atoms with Gasteiger partial charge in [-0.05, 0) is 44.7 Å². The number of carboxylic acids is 1. The summed E-state index contributed by atoms with van der Waals surface area (Å²) in [4.78, 5) is 13.7. The molecule has 1 unspecified atom stereocenters. The molecule has 0 amide bonds. The van der Waals surface area contributed by atoms with Crippen molar-refractivity contribution in [2.75, 3.05) is 31.1 Å². The van der Waals surface area contributed by atoms with Crippen molar-refractivity contribution < 1.29 is 32.6 Å². The predicted molar refractivity (Wildman–Crippen MR) is 116 cm³/mol. The smallest absolute Gasteiger partial charge is 0.475 e. The van der Waals surface area contributed by atoms with Crippen LogP contribution in [0.15, 0.2) is 30.5 Å². The molecule has 2 aliphatic heterocycles. The minimum absolute atomic E-state index is 0.124. The maximum Gasteiger partial charge on any atom is 0.490 e. The molecule has 8 nitrogen and oxygen atoms in total. The number of carboxylic acid groups (broad SMARTS) is 1. The molecule has 0 saturated carbocycles. The van der Waals surface area contributed by atoms with Crippen LogP contribution in [0.25, 0.3) is 0 Å². The zero-order valence-electron chi connectivity index (χ0n) is 18.8. The van der Waals surface area contributed by atoms with E-state index in [2.05, 4.69) is 20.1 Å². The average molecular weight is 487 g/mol. The molecule has 1 atom stereocenters. The highest BCUT2D eigenvalue weighted by atomic mass is 19.4. The lowest BCUT2D eigenvalue weighted by molar-refractivity contribution is -0.192. The van der Waals surface area contributed by atoms with Gasteiger partial charge in [-0.15, -0.1) is 5.10 Å². The van der Waals surface area contributed by atoms with Crippen molar-refractivity contribution in [1.29, 1.82) is 0 Å². The Morgan fingerprint density at radius 1 is 1.06 bits per heavy atom. The number of aromatic nitrogens is 3. The number of aliphatic hydroxyl groups is 1. The predicted octanol–water partition coefficient (Wildman–Crippen LogP) is 3.41. The number of alkyl halides is 3. The molecule has 1 aromatic heterocycles. The molecule has 2 aromatic rings. The molecule has 4 rings (SSSR count). The molecule has 0 bridgehead atoms. The van der Waals surface area contributed by atoms with E-state index in [0.717, 1.165) is 57.5 Å². The lowest BCUT2D eigenvalue weighted by Gasteiger charge is -2.42. The van der Waals surface area contributed by atoms with Gasteiger partial charge >= 0.3 is 12.1 Å². The Balaban J connectivity index is 0.000000406. The van der Waals surface area contributed by atoms with Crippen molar-refractivity contribution >= 4 is 11.7 Å². The maximum atomic E-state index is 14.0. The number of nitrogens with zero attached hydrogens (tertiary/aromatic N) is 5. The molecule has 0 aliphatic carbocycles. The SMILES string of the molecule is CC(O)c1cn(C2CCN(C3CCN(c4ccccc4F)CC3)CC2)nn1.O=C(O)C(F)(F)F. The van der Waals surface area contributed by atoms with Gasteiger partial charge < -0.3 is 20.0 Å². The van der Waals surface area contributed by atoms with E-state index in [-0.39, 0.29) is 5.82 Å². The molecule has 12 heteroatoms. The summed E-state index contributed by atoms with van der Waals surface area (Å²) < 4.78 is 47.7. The van der Waals surface area contributed by atoms with E-state index >= 15 is 0 Å². The van der Waals surface area contributed by atoms with E-state index in [1.54, 1.807) is 19.1 Å². The molecular formula is C22H29F4N5O3. The fraction of sp³-hybridized carbons (Fsp3) is 0.591. The molecule has 2 saturated heterocycles. The van der Waals surface area contributed by atoms with Crippen LogP contribution in [0.1, 0.15) is 50.4 Å². The summed E-state index contributed by atoms with van der Waals surface area (Å²) in [5.74, 6) is -2.88. The van der Waals surface area contributed by atoms with Crippen molar-refractivity contribution in [1.82, 2.24) is 19.9 Å². The Morgan fingerprint density at radius 2 is 1.62 bits per heavy atom. The number of piperidine rings is 2. The van der Waals surface area contributed by atoms with Crippen LogP contribution >= 0.6 is 0 Å². The van der Waals surface area contributed by atoms with Gasteiger partial charge in [-0.3, -0.25) is 0 Å². The number of hydrogen-bond donors (Lipinski definition) is 2. The van der Waals surface area contributed by atoms with Gasteiger partial charge in [0.1, 0.15) is 11.5 Å². The number of carbonyl (C=O) groups is 1. The summed E-state index contributed by atoms with van der Waals surface area (Å²) in [5.41, 5.74) is 1.37. The van der Waals surface area contributed by atoms with Gasteiger partial charge in [0.15, 0.2) is 0 Å². The van der Waals surface area contributed by atoms with Gasteiger partial charge in [-0.25, -0.2) is 13.9 Å². The first-order valence-electron chi connectivity index (χ1n) is 11.2. The van der Waals surface area contributed by atoms with E-state index in [0.29, 0.717) is 17.8 Å². The van der Waals surface area contributed by atoms with Crippen LogP contribution in [0.3, 0.4) is 0 Å². The highest BCUT2D eigenvalue weighted by Crippen LogP contribution is 2.29. The van der Waals surface area contributed by atoms with E-state index in [9.17, 15) is 22.7 Å². The average Bonchev–Trinajstić information content (AvgIpc) is 3.30. The minimum Gasteiger partial charge on any atom is -0.475 e. The largest absolute Gasteiger partial charge is 0.490 e. The third-order valence-corrected chi connectivity index (χ3v) is 6.25. The highest BCUT2D eigenvalue weighted by Gasteiger charge is 2.38. The summed E-state index contributed by atoms with van der Waals surface area (Å²) in [6, 6.07) is 8.01. The van der Waals surface area contributed by atoms with Crippen LogP contribution < -0.4 is 4.90 Å². The van der Waals surface area contributed by atoms with Crippen LogP contribution in [0, 0.1) is 5.82 Å². The number of hydrogen-bond acceptors (Lipinski definition) is 6. The Bertz CT molecular complexity index is 937. The van der Waals surface area contributed by atoms with Gasteiger partial charge in [0.05, 0.1) is 24.0 Å². The number of aliphatic carboxylic acids is 1. The van der Waals surface area contributed by atoms with Crippen molar-refractivity contribution in [3.05, 3.63) is 42.0 Å². The highest BCUT2D eigenvalue weighted by molar-refractivity contribution is 5.73. The van der Waals surface area contributed by atoms with Crippen molar-refractivity contribution in [2.24, 2.45) is 0 Å². The molecule has 2 N–H and O–H groups in total. The zero-order chi connectivity index (χ0) is 24.9. The number of para-hydroxylation sites is 1. The van der Waals surface area contributed by atoms with Crippen LogP contribution in [0.5, 0.6) is 0 Å². The lowest BCUT2D eigenvalue weighted by Crippen LogP contribution is -2.48. The number of halogens is 4. The van der Waals surface area contributed by atoms with Crippen LogP contribution in [0.2, 0.25) is 0 Å². The van der Waals surface area contributed by atoms with Gasteiger partial charge in [0, 0.05) is 32.2 Å². The van der Waals surface area contributed by atoms with Gasteiger partial charge in [0.2, 0.25) is 0 Å². The first-order valence-corrected chi connectivity index (χ1v) is 11.2. The second-order valence-corrected chi connectivity index (χ2v) is 8.54. The molecule has 3 heterocycles. The summed E-state index contributed by atoms with van der Waals surface area (Å²) in [6.07, 6.45) is 0.478. The number of benzene rings is 1. The standard InChI is InChI=1S/C20H28FN5O.C2HF3O2/c1-15(27)19-14-26(23-22-19)17-8-10-24(11-9-17)16-6-12-25(13-7-16)20-5-3-2-4-18(20)21;3-2(4,5)1(6)7/h2-5,14-17,27H,6-13H2,1H3;(H,6,7). The van der Waals surface area contributed by atoms with Crippen LogP contribution in [-0.4, -0.2) is 74.5 Å². The number of aliphatic hydroxyl groups excluding tert-OH is 1. The fourth-order valence-corrected chi connectivity index (χ4v) is 4.36. The van der Waals surface area contributed by atoms with E-state index < -0.39 is 18.2 Å². The van der Waals surface area contributed by atoms with Crippen molar-refractivity contribution in [2.45, 2.75) is 57.0 Å². The summed E-state index contributed by atoms with van der Waals surface area (Å²) >= 11 is 0. The Morgan fingerprint density at radius 3 is 2.12 bits per heavy atom. The lowest BCUT2D eigenvalue weighted by atomic mass is 9.97. The van der Waals surface area contributed by atoms with Crippen LogP contribution in [0.4, 0.5) is 23.2 Å².